The molecule has 0 bridgehead atoms. The molecule has 25 heavy (non-hydrogen) atoms. The number of aromatic nitrogens is 2. The Kier molecular flexibility index (Phi) is 6.18. The number of hydrogen-bond acceptors (Lipinski definition) is 5. The first kappa shape index (κ1) is 18.5. The zero-order valence-electron chi connectivity index (χ0n) is 14.3. The minimum Gasteiger partial charge on any atom is -0.493 e. The normalized spacial score (nSPS) is 10.2. The molecule has 0 radical (unpaired) electrons. The van der Waals surface area contributed by atoms with Crippen LogP contribution in [0.3, 0.4) is 0 Å². The number of carbonyl (C=O) groups excluding carboxylic acids is 1. The quantitative estimate of drug-likeness (QED) is 0.632. The van der Waals surface area contributed by atoms with E-state index in [1.807, 2.05) is 18.2 Å². The van der Waals surface area contributed by atoms with Crippen molar-refractivity contribution in [2.45, 2.75) is 6.42 Å². The molecule has 134 valence electrons. The lowest BCUT2D eigenvalue weighted by atomic mass is 10.1. The first-order valence-electron chi connectivity index (χ1n) is 7.53. The SMILES string of the molecule is COc1ccc(CCNC(=S)Nc2cnn(C)c2C(N)=O)cc1OC. The second kappa shape index (κ2) is 8.34. The van der Waals surface area contributed by atoms with Crippen molar-refractivity contribution in [2.24, 2.45) is 12.8 Å². The van der Waals surface area contributed by atoms with Gasteiger partial charge in [0.25, 0.3) is 5.91 Å². The number of carbonyl (C=O) groups is 1. The molecule has 1 aromatic carbocycles. The Bertz CT molecular complexity index is 775. The van der Waals surface area contributed by atoms with Gasteiger partial charge in [-0.2, -0.15) is 5.10 Å². The van der Waals surface area contributed by atoms with E-state index in [1.54, 1.807) is 21.3 Å². The molecule has 2 rings (SSSR count). The highest BCUT2D eigenvalue weighted by molar-refractivity contribution is 7.80. The largest absolute Gasteiger partial charge is 0.493 e. The summed E-state index contributed by atoms with van der Waals surface area (Å²) in [5, 5.41) is 10.4. The molecule has 8 nitrogen and oxygen atoms in total. The van der Waals surface area contributed by atoms with E-state index < -0.39 is 5.91 Å². The van der Waals surface area contributed by atoms with Gasteiger partial charge in [0.2, 0.25) is 0 Å². The number of primary amides is 1. The summed E-state index contributed by atoms with van der Waals surface area (Å²) < 4.78 is 11.9. The molecular formula is C16H21N5O3S. The fraction of sp³-hybridized carbons (Fsp3) is 0.312. The predicted octanol–water partition coefficient (Wildman–Crippen LogP) is 1.07. The van der Waals surface area contributed by atoms with Crippen molar-refractivity contribution in [3.63, 3.8) is 0 Å². The zero-order valence-corrected chi connectivity index (χ0v) is 15.1. The topological polar surface area (TPSA) is 103 Å². The van der Waals surface area contributed by atoms with Crippen LogP contribution in [0.25, 0.3) is 0 Å². The maximum Gasteiger partial charge on any atom is 0.269 e. The second-order valence-corrected chi connectivity index (χ2v) is 5.62. The number of thiocarbonyl (C=S) groups is 1. The molecule has 0 saturated carbocycles. The predicted molar refractivity (Wildman–Crippen MR) is 99.2 cm³/mol. The van der Waals surface area contributed by atoms with Gasteiger partial charge in [0, 0.05) is 13.6 Å². The third-order valence-corrected chi connectivity index (χ3v) is 3.81. The van der Waals surface area contributed by atoms with E-state index in [-0.39, 0.29) is 5.69 Å². The summed E-state index contributed by atoms with van der Waals surface area (Å²) in [5.41, 5.74) is 7.15. The smallest absolute Gasteiger partial charge is 0.269 e. The van der Waals surface area contributed by atoms with Crippen LogP contribution < -0.4 is 25.8 Å². The molecule has 0 unspecified atom stereocenters. The first-order valence-corrected chi connectivity index (χ1v) is 7.94. The van der Waals surface area contributed by atoms with Crippen molar-refractivity contribution in [1.82, 2.24) is 15.1 Å². The molecule has 2 aromatic rings. The number of hydrogen-bond donors (Lipinski definition) is 3. The fourth-order valence-electron chi connectivity index (χ4n) is 2.34. The summed E-state index contributed by atoms with van der Waals surface area (Å²) in [5.74, 6) is 0.796. The Balaban J connectivity index is 1.90. The number of methoxy groups -OCH3 is 2. The van der Waals surface area contributed by atoms with E-state index in [9.17, 15) is 4.79 Å². The molecule has 1 heterocycles. The minimum absolute atomic E-state index is 0.268. The van der Waals surface area contributed by atoms with Crippen molar-refractivity contribution in [1.29, 1.82) is 0 Å². The van der Waals surface area contributed by atoms with E-state index in [0.717, 1.165) is 12.0 Å². The monoisotopic (exact) mass is 363 g/mol. The maximum absolute atomic E-state index is 11.4. The lowest BCUT2D eigenvalue weighted by Gasteiger charge is -2.12. The lowest BCUT2D eigenvalue weighted by molar-refractivity contribution is 0.0992. The third kappa shape index (κ3) is 4.60. The number of anilines is 1. The number of nitrogens with zero attached hydrogens (tertiary/aromatic N) is 2. The van der Waals surface area contributed by atoms with Crippen LogP contribution in [0.2, 0.25) is 0 Å². The van der Waals surface area contributed by atoms with Gasteiger partial charge >= 0.3 is 0 Å². The van der Waals surface area contributed by atoms with Gasteiger partial charge < -0.3 is 25.8 Å². The Morgan fingerprint density at radius 3 is 2.68 bits per heavy atom. The molecule has 1 amide bonds. The molecule has 1 aromatic heterocycles. The van der Waals surface area contributed by atoms with Crippen LogP contribution in [0.15, 0.2) is 24.4 Å². The van der Waals surface area contributed by atoms with Crippen molar-refractivity contribution in [3.05, 3.63) is 35.7 Å². The summed E-state index contributed by atoms with van der Waals surface area (Å²) in [7, 11) is 4.84. The van der Waals surface area contributed by atoms with Crippen molar-refractivity contribution in [3.8, 4) is 11.5 Å². The van der Waals surface area contributed by atoms with Gasteiger partial charge in [0.1, 0.15) is 5.69 Å². The molecule has 0 aliphatic carbocycles. The summed E-state index contributed by atoms with van der Waals surface area (Å²) in [6.45, 7) is 0.605. The van der Waals surface area contributed by atoms with Crippen molar-refractivity contribution >= 4 is 28.9 Å². The first-order chi connectivity index (χ1) is 12.0. The van der Waals surface area contributed by atoms with Gasteiger partial charge in [-0.05, 0) is 36.3 Å². The zero-order chi connectivity index (χ0) is 18.4. The second-order valence-electron chi connectivity index (χ2n) is 5.21. The van der Waals surface area contributed by atoms with E-state index in [4.69, 9.17) is 27.4 Å². The summed E-state index contributed by atoms with van der Waals surface area (Å²) >= 11 is 5.24. The Hall–Kier alpha value is -2.81. The number of nitrogens with one attached hydrogen (secondary N) is 2. The molecule has 4 N–H and O–H groups in total. The van der Waals surface area contributed by atoms with E-state index in [0.29, 0.717) is 28.8 Å². The van der Waals surface area contributed by atoms with Gasteiger partial charge in [0.05, 0.1) is 26.1 Å². The molecule has 0 spiro atoms. The van der Waals surface area contributed by atoms with Crippen LogP contribution in [0, 0.1) is 0 Å². The van der Waals surface area contributed by atoms with Gasteiger partial charge in [-0.25, -0.2) is 0 Å². The molecular weight excluding hydrogens is 342 g/mol. The van der Waals surface area contributed by atoms with Gasteiger partial charge in [0.15, 0.2) is 16.6 Å². The lowest BCUT2D eigenvalue weighted by Crippen LogP contribution is -2.31. The van der Waals surface area contributed by atoms with Crippen LogP contribution in [0.4, 0.5) is 5.69 Å². The summed E-state index contributed by atoms with van der Waals surface area (Å²) in [6.07, 6.45) is 2.24. The summed E-state index contributed by atoms with van der Waals surface area (Å²) in [6, 6.07) is 5.74. The fourth-order valence-corrected chi connectivity index (χ4v) is 2.56. The van der Waals surface area contributed by atoms with Gasteiger partial charge in [-0.15, -0.1) is 0 Å². The highest BCUT2D eigenvalue weighted by atomic mass is 32.1. The number of rotatable bonds is 7. The Labute approximate surface area is 151 Å². The van der Waals surface area contributed by atoms with Crippen LogP contribution in [0.1, 0.15) is 16.1 Å². The number of benzene rings is 1. The van der Waals surface area contributed by atoms with E-state index >= 15 is 0 Å². The highest BCUT2D eigenvalue weighted by Gasteiger charge is 2.14. The average Bonchev–Trinajstić information content (AvgIpc) is 2.95. The van der Waals surface area contributed by atoms with E-state index in [2.05, 4.69) is 15.7 Å². The average molecular weight is 363 g/mol. The van der Waals surface area contributed by atoms with Crippen LogP contribution in [0.5, 0.6) is 11.5 Å². The number of amides is 1. The highest BCUT2D eigenvalue weighted by Crippen LogP contribution is 2.27. The minimum atomic E-state index is -0.573. The third-order valence-electron chi connectivity index (χ3n) is 3.57. The van der Waals surface area contributed by atoms with Gasteiger partial charge in [-0.3, -0.25) is 9.48 Å². The molecule has 9 heteroatoms. The molecule has 0 fully saturated rings. The Morgan fingerprint density at radius 1 is 1.32 bits per heavy atom. The number of ether oxygens (including phenoxy) is 2. The molecule has 0 saturated heterocycles. The number of aryl methyl sites for hydroxylation is 1. The molecule has 0 aliphatic rings. The van der Waals surface area contributed by atoms with Crippen LogP contribution in [-0.2, 0) is 13.5 Å². The van der Waals surface area contributed by atoms with Crippen molar-refractivity contribution < 1.29 is 14.3 Å². The van der Waals surface area contributed by atoms with E-state index in [1.165, 1.54) is 10.9 Å². The van der Waals surface area contributed by atoms with Crippen molar-refractivity contribution in [2.75, 3.05) is 26.1 Å². The molecule has 0 atom stereocenters. The van der Waals surface area contributed by atoms with Crippen LogP contribution >= 0.6 is 12.2 Å². The number of nitrogens with two attached hydrogens (primary N) is 1. The Morgan fingerprint density at radius 2 is 2.04 bits per heavy atom. The summed E-state index contributed by atoms with van der Waals surface area (Å²) in [4.78, 5) is 11.4. The maximum atomic E-state index is 11.4. The van der Waals surface area contributed by atoms with Crippen LogP contribution in [-0.4, -0.2) is 41.6 Å². The standard InChI is InChI=1S/C16H21N5O3S/c1-21-14(15(17)22)11(9-19-21)20-16(25)18-7-6-10-4-5-12(23-2)13(8-10)24-3/h4-5,8-9H,6-7H2,1-3H3,(H2,17,22)(H2,18,20,25). The van der Waals surface area contributed by atoms with Gasteiger partial charge in [-0.1, -0.05) is 6.07 Å². The molecule has 0 aliphatic heterocycles.